The molecule has 0 heterocycles. The molecule has 0 saturated carbocycles. The van der Waals surface area contributed by atoms with E-state index >= 15 is 0 Å². The van der Waals surface area contributed by atoms with Crippen molar-refractivity contribution in [2.24, 2.45) is 0 Å². The van der Waals surface area contributed by atoms with E-state index in [0.29, 0.717) is 18.8 Å². The highest BCUT2D eigenvalue weighted by Crippen LogP contribution is 2.18. The summed E-state index contributed by atoms with van der Waals surface area (Å²) in [6, 6.07) is 6.12. The number of alkyl halides is 3. The van der Waals surface area contributed by atoms with Crippen molar-refractivity contribution < 1.29 is 22.2 Å². The van der Waals surface area contributed by atoms with Gasteiger partial charge in [0.1, 0.15) is 0 Å². The van der Waals surface area contributed by atoms with Crippen molar-refractivity contribution in [1.29, 1.82) is 0 Å². The molecule has 2 N–H and O–H groups in total. The Bertz CT molecular complexity index is 492. The molecule has 8 heteroatoms. The van der Waals surface area contributed by atoms with Crippen LogP contribution in [-0.4, -0.2) is 34.8 Å². The standard InChI is InChI=1S/C12H15F3N2O2S/c1-20(19)6-5-16-8-9-3-2-4-10(7-9)17-11(18)12(13,14)15/h2-4,7,16H,5-6,8H2,1H3,(H,17,18). The van der Waals surface area contributed by atoms with E-state index in [2.05, 4.69) is 5.32 Å². The van der Waals surface area contributed by atoms with E-state index in [9.17, 15) is 22.2 Å². The number of halogens is 3. The van der Waals surface area contributed by atoms with Gasteiger partial charge < -0.3 is 10.6 Å². The van der Waals surface area contributed by atoms with E-state index < -0.39 is 22.9 Å². The quantitative estimate of drug-likeness (QED) is 0.786. The smallest absolute Gasteiger partial charge is 0.318 e. The van der Waals surface area contributed by atoms with E-state index in [1.807, 2.05) is 0 Å². The summed E-state index contributed by atoms with van der Waals surface area (Å²) in [5.74, 6) is -1.49. The summed E-state index contributed by atoms with van der Waals surface area (Å²) in [6.07, 6.45) is -3.31. The summed E-state index contributed by atoms with van der Waals surface area (Å²) in [4.78, 5) is 10.8. The maximum Gasteiger partial charge on any atom is 0.471 e. The summed E-state index contributed by atoms with van der Waals surface area (Å²) >= 11 is 0. The molecule has 112 valence electrons. The van der Waals surface area contributed by atoms with Crippen molar-refractivity contribution in [3.8, 4) is 0 Å². The van der Waals surface area contributed by atoms with Crippen LogP contribution in [0.25, 0.3) is 0 Å². The van der Waals surface area contributed by atoms with Crippen molar-refractivity contribution in [2.75, 3.05) is 23.9 Å². The second-order valence-electron chi connectivity index (χ2n) is 4.11. The molecule has 1 aromatic rings. The maximum atomic E-state index is 12.1. The minimum absolute atomic E-state index is 0.0886. The van der Waals surface area contributed by atoms with Crippen LogP contribution in [0.1, 0.15) is 5.56 Å². The second-order valence-corrected chi connectivity index (χ2v) is 5.66. The Morgan fingerprint density at radius 2 is 2.05 bits per heavy atom. The fraction of sp³-hybridized carbons (Fsp3) is 0.417. The predicted octanol–water partition coefficient (Wildman–Crippen LogP) is 1.66. The number of rotatable bonds is 6. The van der Waals surface area contributed by atoms with Crippen molar-refractivity contribution >= 4 is 22.4 Å². The van der Waals surface area contributed by atoms with Gasteiger partial charge in [-0.05, 0) is 17.7 Å². The van der Waals surface area contributed by atoms with Crippen LogP contribution < -0.4 is 10.6 Å². The molecular weight excluding hydrogens is 293 g/mol. The van der Waals surface area contributed by atoms with Gasteiger partial charge in [-0.2, -0.15) is 13.2 Å². The van der Waals surface area contributed by atoms with Crippen LogP contribution in [0.4, 0.5) is 18.9 Å². The Morgan fingerprint density at radius 3 is 2.65 bits per heavy atom. The number of hydrogen-bond acceptors (Lipinski definition) is 3. The zero-order valence-corrected chi connectivity index (χ0v) is 11.6. The summed E-state index contributed by atoms with van der Waals surface area (Å²) < 4.78 is 47.2. The minimum Gasteiger partial charge on any atom is -0.318 e. The number of anilines is 1. The molecule has 20 heavy (non-hydrogen) atoms. The van der Waals surface area contributed by atoms with Gasteiger partial charge in [0.2, 0.25) is 0 Å². The molecule has 0 spiro atoms. The molecule has 1 amide bonds. The van der Waals surface area contributed by atoms with Crippen LogP contribution in [0.5, 0.6) is 0 Å². The Morgan fingerprint density at radius 1 is 1.35 bits per heavy atom. The molecule has 0 saturated heterocycles. The van der Waals surface area contributed by atoms with Crippen molar-refractivity contribution in [1.82, 2.24) is 5.32 Å². The fourth-order valence-electron chi connectivity index (χ4n) is 1.41. The van der Waals surface area contributed by atoms with Gasteiger partial charge in [0.05, 0.1) is 0 Å². The normalized spacial score (nSPS) is 13.0. The summed E-state index contributed by atoms with van der Waals surface area (Å²) in [6.45, 7) is 0.967. The number of carbonyl (C=O) groups is 1. The zero-order valence-electron chi connectivity index (χ0n) is 10.8. The molecule has 1 rings (SSSR count). The molecular formula is C12H15F3N2O2S. The summed E-state index contributed by atoms with van der Waals surface area (Å²) in [5.41, 5.74) is 0.817. The first-order chi connectivity index (χ1) is 9.29. The van der Waals surface area contributed by atoms with Crippen LogP contribution in [-0.2, 0) is 22.1 Å². The van der Waals surface area contributed by atoms with E-state index in [1.54, 1.807) is 23.7 Å². The third-order valence-electron chi connectivity index (χ3n) is 2.34. The zero-order chi connectivity index (χ0) is 15.2. The summed E-state index contributed by atoms with van der Waals surface area (Å²) in [7, 11) is -0.890. The highest BCUT2D eigenvalue weighted by molar-refractivity contribution is 7.84. The van der Waals surface area contributed by atoms with Crippen LogP contribution >= 0.6 is 0 Å². The largest absolute Gasteiger partial charge is 0.471 e. The van der Waals surface area contributed by atoms with Gasteiger partial charge in [-0.3, -0.25) is 9.00 Å². The van der Waals surface area contributed by atoms with Gasteiger partial charge in [0.15, 0.2) is 0 Å². The molecule has 1 atom stereocenters. The first-order valence-electron chi connectivity index (χ1n) is 5.77. The van der Waals surface area contributed by atoms with Gasteiger partial charge in [0, 0.05) is 41.6 Å². The Labute approximate surface area is 117 Å². The highest BCUT2D eigenvalue weighted by Gasteiger charge is 2.38. The molecule has 4 nitrogen and oxygen atoms in total. The second kappa shape index (κ2) is 7.39. The number of benzene rings is 1. The van der Waals surface area contributed by atoms with Crippen LogP contribution in [0.2, 0.25) is 0 Å². The number of amides is 1. The Kier molecular flexibility index (Phi) is 6.15. The summed E-state index contributed by atoms with van der Waals surface area (Å²) in [5, 5.41) is 4.81. The van der Waals surface area contributed by atoms with Crippen molar-refractivity contribution in [3.63, 3.8) is 0 Å². The fourth-order valence-corrected chi connectivity index (χ4v) is 1.84. The van der Waals surface area contributed by atoms with E-state index in [1.165, 1.54) is 12.1 Å². The molecule has 0 aliphatic carbocycles. The molecule has 0 aliphatic heterocycles. The van der Waals surface area contributed by atoms with Gasteiger partial charge >= 0.3 is 12.1 Å². The molecule has 0 radical (unpaired) electrons. The SMILES string of the molecule is CS(=O)CCNCc1cccc(NC(=O)C(F)(F)F)c1. The Balaban J connectivity index is 2.53. The van der Waals surface area contributed by atoms with Crippen molar-refractivity contribution in [3.05, 3.63) is 29.8 Å². The lowest BCUT2D eigenvalue weighted by atomic mass is 10.2. The number of nitrogens with one attached hydrogen (secondary N) is 2. The maximum absolute atomic E-state index is 12.1. The van der Waals surface area contributed by atoms with Crippen LogP contribution in [0.3, 0.4) is 0 Å². The average Bonchev–Trinajstić information content (AvgIpc) is 2.34. The number of hydrogen-bond donors (Lipinski definition) is 2. The van der Waals surface area contributed by atoms with Gasteiger partial charge in [-0.15, -0.1) is 0 Å². The predicted molar refractivity (Wildman–Crippen MR) is 71.8 cm³/mol. The lowest BCUT2D eigenvalue weighted by molar-refractivity contribution is -0.167. The minimum atomic E-state index is -4.90. The lowest BCUT2D eigenvalue weighted by Crippen LogP contribution is -2.30. The molecule has 0 fully saturated rings. The van der Waals surface area contributed by atoms with E-state index in [4.69, 9.17) is 0 Å². The lowest BCUT2D eigenvalue weighted by Gasteiger charge is -2.09. The first-order valence-corrected chi connectivity index (χ1v) is 7.49. The topological polar surface area (TPSA) is 58.2 Å². The molecule has 1 aromatic carbocycles. The highest BCUT2D eigenvalue weighted by atomic mass is 32.2. The van der Waals surface area contributed by atoms with Crippen molar-refractivity contribution in [2.45, 2.75) is 12.7 Å². The van der Waals surface area contributed by atoms with Gasteiger partial charge in [-0.25, -0.2) is 0 Å². The van der Waals surface area contributed by atoms with Crippen LogP contribution in [0, 0.1) is 0 Å². The third-order valence-corrected chi connectivity index (χ3v) is 3.12. The number of carbonyl (C=O) groups excluding carboxylic acids is 1. The molecule has 1 unspecified atom stereocenters. The molecule has 0 aromatic heterocycles. The average molecular weight is 308 g/mol. The molecule has 0 bridgehead atoms. The monoisotopic (exact) mass is 308 g/mol. The molecule has 0 aliphatic rings. The van der Waals surface area contributed by atoms with Gasteiger partial charge in [-0.1, -0.05) is 12.1 Å². The Hall–Kier alpha value is -1.41. The van der Waals surface area contributed by atoms with E-state index in [-0.39, 0.29) is 5.69 Å². The van der Waals surface area contributed by atoms with Crippen LogP contribution in [0.15, 0.2) is 24.3 Å². The third kappa shape index (κ3) is 6.16. The van der Waals surface area contributed by atoms with E-state index in [0.717, 1.165) is 5.56 Å². The van der Waals surface area contributed by atoms with Gasteiger partial charge in [0.25, 0.3) is 0 Å². The first kappa shape index (κ1) is 16.6.